The lowest BCUT2D eigenvalue weighted by Gasteiger charge is -2.41. The van der Waals surface area contributed by atoms with Crippen molar-refractivity contribution in [2.45, 2.75) is 44.7 Å². The van der Waals surface area contributed by atoms with Crippen LogP contribution in [0.4, 0.5) is 0 Å². The maximum Gasteiger partial charge on any atom is 0.173 e. The molecule has 2 nitrogen and oxygen atoms in total. The number of rotatable bonds is 1. The van der Waals surface area contributed by atoms with E-state index in [1.54, 1.807) is 0 Å². The van der Waals surface area contributed by atoms with Gasteiger partial charge in [0.05, 0.1) is 14.7 Å². The fourth-order valence-corrected chi connectivity index (χ4v) is 5.53. The summed E-state index contributed by atoms with van der Waals surface area (Å²) in [6.45, 7) is 7.78. The van der Waals surface area contributed by atoms with Crippen molar-refractivity contribution in [3.05, 3.63) is 22.9 Å². The smallest absolute Gasteiger partial charge is 0.173 e. The van der Waals surface area contributed by atoms with E-state index in [0.717, 1.165) is 12.8 Å². The van der Waals surface area contributed by atoms with Gasteiger partial charge in [-0.2, -0.15) is 0 Å². The predicted molar refractivity (Wildman–Crippen MR) is 71.2 cm³/mol. The van der Waals surface area contributed by atoms with Crippen LogP contribution in [0.3, 0.4) is 0 Å². The van der Waals surface area contributed by atoms with Crippen LogP contribution in [0.25, 0.3) is 0 Å². The molecule has 0 bridgehead atoms. The Labute approximate surface area is 104 Å². The molecule has 0 aromatic rings. The molecule has 0 unspecified atom stereocenters. The lowest BCUT2D eigenvalue weighted by atomic mass is 9.71. The summed E-state index contributed by atoms with van der Waals surface area (Å²) in [5.41, 5.74) is 1.42. The molecule has 0 amide bonds. The van der Waals surface area contributed by atoms with Crippen molar-refractivity contribution < 1.29 is 9.84 Å². The van der Waals surface area contributed by atoms with E-state index in [-0.39, 0.29) is 5.92 Å². The van der Waals surface area contributed by atoms with Gasteiger partial charge in [-0.1, -0.05) is 37.0 Å². The standard InChI is InChI=1S/C14H22O2Si/c1-17(2,3)12-7-6-10-5-4-8-14(15)13(10)11(12)9-16-14/h6-7,10,13,15H,4-5,8-9H2,1-3H3/t10-,13-,14-/m0/s1. The summed E-state index contributed by atoms with van der Waals surface area (Å²) < 4.78 is 5.76. The molecule has 1 saturated carbocycles. The number of aliphatic hydroxyl groups is 1. The number of ether oxygens (including phenoxy) is 1. The zero-order valence-corrected chi connectivity index (χ0v) is 12.0. The second kappa shape index (κ2) is 3.56. The highest BCUT2D eigenvalue weighted by Crippen LogP contribution is 2.51. The Morgan fingerprint density at radius 3 is 2.88 bits per heavy atom. The van der Waals surface area contributed by atoms with E-state index in [4.69, 9.17) is 4.74 Å². The van der Waals surface area contributed by atoms with E-state index >= 15 is 0 Å². The monoisotopic (exact) mass is 250 g/mol. The summed E-state index contributed by atoms with van der Waals surface area (Å²) in [5.74, 6) is -0.0946. The minimum atomic E-state index is -1.32. The molecule has 1 heterocycles. The van der Waals surface area contributed by atoms with Crippen LogP contribution in [0.5, 0.6) is 0 Å². The van der Waals surface area contributed by atoms with Gasteiger partial charge in [0, 0.05) is 12.3 Å². The topological polar surface area (TPSA) is 29.5 Å². The maximum absolute atomic E-state index is 10.6. The summed E-state index contributed by atoms with van der Waals surface area (Å²) in [7, 11) is -1.32. The minimum absolute atomic E-state index is 0.253. The molecule has 3 aliphatic rings. The Kier molecular flexibility index (Phi) is 2.45. The highest BCUT2D eigenvalue weighted by Gasteiger charge is 2.53. The van der Waals surface area contributed by atoms with Gasteiger partial charge >= 0.3 is 0 Å². The van der Waals surface area contributed by atoms with Gasteiger partial charge in [0.1, 0.15) is 0 Å². The molecule has 3 atom stereocenters. The maximum atomic E-state index is 10.6. The lowest BCUT2D eigenvalue weighted by molar-refractivity contribution is -0.215. The molecule has 1 N–H and O–H groups in total. The van der Waals surface area contributed by atoms with E-state index < -0.39 is 13.9 Å². The lowest BCUT2D eigenvalue weighted by Crippen LogP contribution is -2.44. The van der Waals surface area contributed by atoms with E-state index in [1.165, 1.54) is 17.2 Å². The van der Waals surface area contributed by atoms with Crippen LogP contribution in [-0.2, 0) is 4.74 Å². The molecule has 1 saturated heterocycles. The number of hydrogen-bond donors (Lipinski definition) is 1. The van der Waals surface area contributed by atoms with E-state index in [0.29, 0.717) is 12.5 Å². The quantitative estimate of drug-likeness (QED) is 0.725. The minimum Gasteiger partial charge on any atom is -0.365 e. The van der Waals surface area contributed by atoms with Crippen LogP contribution < -0.4 is 0 Å². The molecular weight excluding hydrogens is 228 g/mol. The third-order valence-corrected chi connectivity index (χ3v) is 6.61. The first kappa shape index (κ1) is 11.7. The Balaban J connectivity index is 2.08. The highest BCUT2D eigenvalue weighted by molar-refractivity contribution is 6.83. The zero-order valence-electron chi connectivity index (χ0n) is 11.0. The average Bonchev–Trinajstić information content (AvgIpc) is 2.57. The van der Waals surface area contributed by atoms with E-state index in [1.807, 2.05) is 0 Å². The Morgan fingerprint density at radius 2 is 2.18 bits per heavy atom. The molecule has 17 heavy (non-hydrogen) atoms. The fourth-order valence-electron chi connectivity index (χ4n) is 3.74. The molecule has 1 aliphatic heterocycles. The van der Waals surface area contributed by atoms with Crippen LogP contribution in [0.2, 0.25) is 19.6 Å². The summed E-state index contributed by atoms with van der Waals surface area (Å²) in [6.07, 6.45) is 7.76. The average molecular weight is 250 g/mol. The third kappa shape index (κ3) is 1.67. The largest absolute Gasteiger partial charge is 0.365 e. The Bertz CT molecular complexity index is 405. The van der Waals surface area contributed by atoms with Gasteiger partial charge in [-0.05, 0) is 24.3 Å². The number of allylic oxidation sites excluding steroid dienone is 3. The Hall–Kier alpha value is -0.383. The predicted octanol–water partition coefficient (Wildman–Crippen LogP) is 2.87. The van der Waals surface area contributed by atoms with Gasteiger partial charge in [0.2, 0.25) is 0 Å². The third-order valence-electron chi connectivity index (χ3n) is 4.50. The van der Waals surface area contributed by atoms with Crippen molar-refractivity contribution in [1.29, 1.82) is 0 Å². The Morgan fingerprint density at radius 1 is 1.41 bits per heavy atom. The summed E-state index contributed by atoms with van der Waals surface area (Å²) in [6, 6.07) is 0. The van der Waals surface area contributed by atoms with Gasteiger partial charge in [-0.3, -0.25) is 0 Å². The van der Waals surface area contributed by atoms with Crippen LogP contribution in [0.1, 0.15) is 19.3 Å². The van der Waals surface area contributed by atoms with Gasteiger partial charge in [0.25, 0.3) is 0 Å². The SMILES string of the molecule is C[Si](C)(C)C1=C2CO[C@@]3(O)CCC[C@@H](C=C1)[C@@H]23. The van der Waals surface area contributed by atoms with E-state index in [9.17, 15) is 5.11 Å². The molecule has 3 rings (SSSR count). The number of hydrogen-bond acceptors (Lipinski definition) is 2. The first-order valence-electron chi connectivity index (χ1n) is 6.70. The second-order valence-corrected chi connectivity index (χ2v) is 11.8. The first-order chi connectivity index (χ1) is 7.92. The van der Waals surface area contributed by atoms with Gasteiger partial charge in [-0.25, -0.2) is 0 Å². The van der Waals surface area contributed by atoms with Crippen LogP contribution in [-0.4, -0.2) is 25.6 Å². The molecule has 2 aliphatic carbocycles. The molecule has 0 radical (unpaired) electrons. The van der Waals surface area contributed by atoms with Gasteiger partial charge in [-0.15, -0.1) is 0 Å². The fraction of sp³-hybridized carbons (Fsp3) is 0.714. The van der Waals surface area contributed by atoms with Crippen molar-refractivity contribution in [2.75, 3.05) is 6.61 Å². The summed E-state index contributed by atoms with van der Waals surface area (Å²) in [4.78, 5) is 0. The molecular formula is C14H22O2Si. The van der Waals surface area contributed by atoms with Crippen molar-refractivity contribution in [2.24, 2.45) is 11.8 Å². The van der Waals surface area contributed by atoms with Crippen molar-refractivity contribution in [1.82, 2.24) is 0 Å². The summed E-state index contributed by atoms with van der Waals surface area (Å²) >= 11 is 0. The summed E-state index contributed by atoms with van der Waals surface area (Å²) in [5, 5.41) is 12.1. The molecule has 0 aromatic heterocycles. The van der Waals surface area contributed by atoms with E-state index in [2.05, 4.69) is 31.8 Å². The molecule has 94 valence electrons. The van der Waals surface area contributed by atoms with Crippen molar-refractivity contribution in [3.63, 3.8) is 0 Å². The highest BCUT2D eigenvalue weighted by atomic mass is 28.3. The normalized spacial score (nSPS) is 40.7. The van der Waals surface area contributed by atoms with Crippen LogP contribution >= 0.6 is 0 Å². The van der Waals surface area contributed by atoms with Gasteiger partial charge in [0.15, 0.2) is 5.79 Å². The first-order valence-corrected chi connectivity index (χ1v) is 10.2. The molecule has 0 spiro atoms. The van der Waals surface area contributed by atoms with Crippen LogP contribution in [0.15, 0.2) is 22.9 Å². The van der Waals surface area contributed by atoms with Crippen molar-refractivity contribution >= 4 is 8.07 Å². The van der Waals surface area contributed by atoms with Gasteiger partial charge < -0.3 is 9.84 Å². The molecule has 2 fully saturated rings. The molecule has 0 aromatic carbocycles. The van der Waals surface area contributed by atoms with Crippen molar-refractivity contribution in [3.8, 4) is 0 Å². The molecule has 3 heteroatoms. The zero-order chi connectivity index (χ0) is 12.3. The second-order valence-electron chi connectivity index (χ2n) is 6.72. The van der Waals surface area contributed by atoms with Crippen LogP contribution in [0, 0.1) is 11.8 Å².